The molecule has 0 amide bonds. The van der Waals surface area contributed by atoms with Gasteiger partial charge in [-0.3, -0.25) is 14.4 Å². The van der Waals surface area contributed by atoms with Gasteiger partial charge in [-0.15, -0.1) is 0 Å². The Kier molecular flexibility index (Phi) is 57.3. The maximum atomic E-state index is 12.8. The van der Waals surface area contributed by atoms with E-state index < -0.39 is 6.10 Å². The van der Waals surface area contributed by atoms with Gasteiger partial charge in [-0.2, -0.15) is 0 Å². The molecule has 0 rings (SSSR count). The van der Waals surface area contributed by atoms with Crippen molar-refractivity contribution in [1.29, 1.82) is 0 Å². The molecule has 0 aromatic carbocycles. The first kappa shape index (κ1) is 68.6. The van der Waals surface area contributed by atoms with E-state index in [9.17, 15) is 14.4 Å². The molecule has 0 fully saturated rings. The molecule has 0 aliphatic rings. The van der Waals surface area contributed by atoms with Gasteiger partial charge in [0.1, 0.15) is 13.2 Å². The average molecular weight is 1000 g/mol. The molecular weight excluding hydrogens is 889 g/mol. The Hall–Kier alpha value is -3.41. The van der Waals surface area contributed by atoms with E-state index in [1.54, 1.807) is 0 Å². The molecule has 0 heterocycles. The number of hydrogen-bond acceptors (Lipinski definition) is 6. The zero-order valence-electron chi connectivity index (χ0n) is 47.4. The van der Waals surface area contributed by atoms with Crippen molar-refractivity contribution < 1.29 is 28.6 Å². The molecule has 0 aromatic heterocycles. The maximum absolute atomic E-state index is 12.8. The van der Waals surface area contributed by atoms with Crippen LogP contribution in [0.2, 0.25) is 0 Å². The largest absolute Gasteiger partial charge is 0.462 e. The summed E-state index contributed by atoms with van der Waals surface area (Å²) < 4.78 is 16.8. The van der Waals surface area contributed by atoms with Crippen molar-refractivity contribution in [1.82, 2.24) is 0 Å². The summed E-state index contributed by atoms with van der Waals surface area (Å²) in [6.45, 7) is 6.48. The van der Waals surface area contributed by atoms with E-state index in [1.807, 2.05) is 0 Å². The highest BCUT2D eigenvalue weighted by atomic mass is 16.6. The van der Waals surface area contributed by atoms with E-state index in [-0.39, 0.29) is 31.1 Å². The molecular formula is C66H114O6. The highest BCUT2D eigenvalue weighted by Gasteiger charge is 2.19. The second kappa shape index (κ2) is 60.1. The first-order valence-electron chi connectivity index (χ1n) is 30.6. The Labute approximate surface area is 445 Å². The number of rotatable bonds is 55. The summed E-state index contributed by atoms with van der Waals surface area (Å²) in [6.07, 6.45) is 78.9. The lowest BCUT2D eigenvalue weighted by atomic mass is 10.0. The van der Waals surface area contributed by atoms with Gasteiger partial charge in [0.25, 0.3) is 0 Å². The van der Waals surface area contributed by atoms with E-state index in [2.05, 4.69) is 106 Å². The molecule has 0 aliphatic carbocycles. The standard InChI is InChI=1S/C66H114O6/c1-4-7-10-13-16-19-21-23-25-27-29-30-31-32-33-34-35-36-38-39-41-43-45-47-50-53-56-59-65(68)71-62-63(61-70-64(67)58-55-52-49-18-15-12-9-6-3)72-66(69)60-57-54-51-48-46-44-42-40-37-28-26-24-22-20-17-14-11-8-5-2/h8,11,17,20-21,23-24,26-27,29,37,40,44,46,63H,4-7,9-10,12-16,18-19,22,25,28,30-36,38-39,41-43,45,47-62H2,1-3H3/b11-8-,20-17-,23-21-,26-24-,29-27-,40-37-,46-44-. The van der Waals surface area contributed by atoms with Gasteiger partial charge in [0.05, 0.1) is 0 Å². The minimum atomic E-state index is -0.791. The molecule has 0 N–H and O–H groups in total. The van der Waals surface area contributed by atoms with Crippen LogP contribution in [0.4, 0.5) is 0 Å². The van der Waals surface area contributed by atoms with Crippen LogP contribution < -0.4 is 0 Å². The second-order valence-corrected chi connectivity index (χ2v) is 20.2. The van der Waals surface area contributed by atoms with Crippen molar-refractivity contribution in [3.63, 3.8) is 0 Å². The Balaban J connectivity index is 4.20. The van der Waals surface area contributed by atoms with Crippen molar-refractivity contribution in [2.75, 3.05) is 13.2 Å². The third-order valence-electron chi connectivity index (χ3n) is 13.1. The first-order valence-corrected chi connectivity index (χ1v) is 30.6. The van der Waals surface area contributed by atoms with Crippen LogP contribution in [0.15, 0.2) is 85.1 Å². The van der Waals surface area contributed by atoms with Crippen molar-refractivity contribution in [3.05, 3.63) is 85.1 Å². The average Bonchev–Trinajstić information content (AvgIpc) is 3.38. The van der Waals surface area contributed by atoms with Crippen LogP contribution >= 0.6 is 0 Å². The van der Waals surface area contributed by atoms with Crippen LogP contribution in [0.1, 0.15) is 297 Å². The van der Waals surface area contributed by atoms with E-state index in [0.717, 1.165) is 103 Å². The number of ether oxygens (including phenoxy) is 3. The van der Waals surface area contributed by atoms with Crippen LogP contribution in [0.5, 0.6) is 0 Å². The van der Waals surface area contributed by atoms with Gasteiger partial charge < -0.3 is 14.2 Å². The fourth-order valence-corrected chi connectivity index (χ4v) is 8.56. The summed E-state index contributed by atoms with van der Waals surface area (Å²) in [5.74, 6) is -0.917. The molecule has 0 saturated carbocycles. The molecule has 0 aromatic rings. The zero-order valence-corrected chi connectivity index (χ0v) is 47.4. The Morgan fingerprint density at radius 3 is 0.861 bits per heavy atom. The minimum absolute atomic E-state index is 0.0880. The SMILES string of the molecule is CC/C=C\C/C=C\C/C=C\C/C=C\C/C=C\CCCCCC(=O)OC(COC(=O)CCCCCCCCCC)COC(=O)CCCCCCCCCCCCCCCCC/C=C\C/C=C\CCCCCCC. The predicted molar refractivity (Wildman–Crippen MR) is 311 cm³/mol. The normalized spacial score (nSPS) is 12.7. The molecule has 0 saturated heterocycles. The lowest BCUT2D eigenvalue weighted by molar-refractivity contribution is -0.167. The number of carbonyl (C=O) groups excluding carboxylic acids is 3. The number of hydrogen-bond donors (Lipinski definition) is 0. The van der Waals surface area contributed by atoms with Gasteiger partial charge in [0.15, 0.2) is 6.10 Å². The fourth-order valence-electron chi connectivity index (χ4n) is 8.56. The fraction of sp³-hybridized carbons (Fsp3) is 0.742. The van der Waals surface area contributed by atoms with Crippen molar-refractivity contribution in [3.8, 4) is 0 Å². The Morgan fingerprint density at radius 1 is 0.292 bits per heavy atom. The number of allylic oxidation sites excluding steroid dienone is 14. The third-order valence-corrected chi connectivity index (χ3v) is 13.1. The van der Waals surface area contributed by atoms with E-state index in [4.69, 9.17) is 14.2 Å². The molecule has 0 spiro atoms. The van der Waals surface area contributed by atoms with Crippen LogP contribution in [-0.4, -0.2) is 37.2 Å². The number of unbranched alkanes of at least 4 members (excludes halogenated alkanes) is 30. The summed E-state index contributed by atoms with van der Waals surface area (Å²) in [4.78, 5) is 38.1. The van der Waals surface area contributed by atoms with Crippen LogP contribution in [0.3, 0.4) is 0 Å². The summed E-state index contributed by atoms with van der Waals surface area (Å²) in [5, 5.41) is 0. The number of carbonyl (C=O) groups is 3. The molecule has 0 aliphatic heterocycles. The minimum Gasteiger partial charge on any atom is -0.462 e. The molecule has 0 radical (unpaired) electrons. The smallest absolute Gasteiger partial charge is 0.306 e. The van der Waals surface area contributed by atoms with Crippen molar-refractivity contribution in [2.45, 2.75) is 303 Å². The Bertz CT molecular complexity index is 1380. The quantitative estimate of drug-likeness (QED) is 0.0261. The summed E-state index contributed by atoms with van der Waals surface area (Å²) >= 11 is 0. The van der Waals surface area contributed by atoms with Gasteiger partial charge in [0.2, 0.25) is 0 Å². The van der Waals surface area contributed by atoms with E-state index >= 15 is 0 Å². The highest BCUT2D eigenvalue weighted by Crippen LogP contribution is 2.16. The summed E-state index contributed by atoms with van der Waals surface area (Å²) in [6, 6.07) is 0. The third kappa shape index (κ3) is 57.5. The monoisotopic (exact) mass is 1000 g/mol. The molecule has 72 heavy (non-hydrogen) atoms. The van der Waals surface area contributed by atoms with Gasteiger partial charge in [0, 0.05) is 19.3 Å². The predicted octanol–water partition coefficient (Wildman–Crippen LogP) is 20.7. The molecule has 1 unspecified atom stereocenters. The van der Waals surface area contributed by atoms with Crippen LogP contribution in [0, 0.1) is 0 Å². The second-order valence-electron chi connectivity index (χ2n) is 20.2. The maximum Gasteiger partial charge on any atom is 0.306 e. The molecule has 6 nitrogen and oxygen atoms in total. The molecule has 1 atom stereocenters. The van der Waals surface area contributed by atoms with Crippen LogP contribution in [0.25, 0.3) is 0 Å². The van der Waals surface area contributed by atoms with Crippen molar-refractivity contribution in [2.24, 2.45) is 0 Å². The van der Waals surface area contributed by atoms with E-state index in [1.165, 1.54) is 154 Å². The molecule has 0 bridgehead atoms. The molecule has 414 valence electrons. The molecule has 6 heteroatoms. The van der Waals surface area contributed by atoms with Gasteiger partial charge in [-0.05, 0) is 96.3 Å². The van der Waals surface area contributed by atoms with Crippen molar-refractivity contribution >= 4 is 17.9 Å². The van der Waals surface area contributed by atoms with Crippen LogP contribution in [-0.2, 0) is 28.6 Å². The lowest BCUT2D eigenvalue weighted by Crippen LogP contribution is -2.30. The topological polar surface area (TPSA) is 78.9 Å². The zero-order chi connectivity index (χ0) is 52.2. The van der Waals surface area contributed by atoms with Gasteiger partial charge in [-0.25, -0.2) is 0 Å². The summed E-state index contributed by atoms with van der Waals surface area (Å²) in [5.41, 5.74) is 0. The van der Waals surface area contributed by atoms with E-state index in [0.29, 0.717) is 19.3 Å². The highest BCUT2D eigenvalue weighted by molar-refractivity contribution is 5.71. The number of esters is 3. The lowest BCUT2D eigenvalue weighted by Gasteiger charge is -2.18. The first-order chi connectivity index (χ1) is 35.5. The van der Waals surface area contributed by atoms with Gasteiger partial charge in [-0.1, -0.05) is 266 Å². The summed E-state index contributed by atoms with van der Waals surface area (Å²) in [7, 11) is 0. The Morgan fingerprint density at radius 2 is 0.542 bits per heavy atom. The van der Waals surface area contributed by atoms with Gasteiger partial charge >= 0.3 is 17.9 Å².